The molecule has 0 radical (unpaired) electrons. The van der Waals surface area contributed by atoms with E-state index in [2.05, 4.69) is 58.2 Å². The summed E-state index contributed by atoms with van der Waals surface area (Å²) >= 11 is 3.69. The van der Waals surface area contributed by atoms with Gasteiger partial charge in [-0.1, -0.05) is 22.0 Å². The molecule has 2 unspecified atom stereocenters. The van der Waals surface area contributed by atoms with Crippen LogP contribution in [0, 0.1) is 0 Å². The molecular weight excluding hydrogens is 276 g/mol. The zero-order valence-electron chi connectivity index (χ0n) is 10.8. The highest BCUT2D eigenvalue weighted by Gasteiger charge is 2.21. The molecule has 1 saturated heterocycles. The third-order valence-electron chi connectivity index (χ3n) is 3.77. The number of hydrogen-bond donors (Lipinski definition) is 1. The van der Waals surface area contributed by atoms with Crippen LogP contribution in [0.5, 0.6) is 0 Å². The van der Waals surface area contributed by atoms with Crippen molar-refractivity contribution in [3.05, 3.63) is 28.2 Å². The monoisotopic (exact) mass is 296 g/mol. The fraction of sp³-hybridized carbons (Fsp3) is 0.571. The van der Waals surface area contributed by atoms with E-state index in [4.69, 9.17) is 0 Å². The van der Waals surface area contributed by atoms with Gasteiger partial charge in [-0.3, -0.25) is 0 Å². The van der Waals surface area contributed by atoms with Crippen molar-refractivity contribution >= 4 is 21.6 Å². The third kappa shape index (κ3) is 2.66. The van der Waals surface area contributed by atoms with Gasteiger partial charge in [0, 0.05) is 28.8 Å². The van der Waals surface area contributed by atoms with Crippen LogP contribution in [0.2, 0.25) is 0 Å². The molecule has 0 bridgehead atoms. The van der Waals surface area contributed by atoms with Gasteiger partial charge in [-0.05, 0) is 51.4 Å². The average Bonchev–Trinajstić information content (AvgIpc) is 2.74. The van der Waals surface area contributed by atoms with Gasteiger partial charge in [-0.15, -0.1) is 0 Å². The second kappa shape index (κ2) is 5.40. The number of benzene rings is 1. The standard InChI is InChI=1S/C14H21BrN2/c1-10-5-4-8-17(10)12-6-7-13(11(2)16-3)14(15)9-12/h6-7,9-11,16H,4-5,8H2,1-3H3. The van der Waals surface area contributed by atoms with E-state index in [0.29, 0.717) is 12.1 Å². The van der Waals surface area contributed by atoms with E-state index in [-0.39, 0.29) is 0 Å². The number of nitrogens with zero attached hydrogens (tertiary/aromatic N) is 1. The van der Waals surface area contributed by atoms with Crippen molar-refractivity contribution in [1.82, 2.24) is 5.32 Å². The fourth-order valence-electron chi connectivity index (χ4n) is 2.52. The summed E-state index contributed by atoms with van der Waals surface area (Å²) in [5, 5.41) is 3.28. The first-order chi connectivity index (χ1) is 8.13. The summed E-state index contributed by atoms with van der Waals surface area (Å²) in [5.74, 6) is 0. The summed E-state index contributed by atoms with van der Waals surface area (Å²) in [4.78, 5) is 2.50. The van der Waals surface area contributed by atoms with Crippen molar-refractivity contribution in [3.8, 4) is 0 Å². The normalized spacial score (nSPS) is 21.9. The molecule has 1 N–H and O–H groups in total. The van der Waals surface area contributed by atoms with Crippen LogP contribution in [-0.4, -0.2) is 19.6 Å². The molecule has 17 heavy (non-hydrogen) atoms. The molecule has 1 aromatic carbocycles. The highest BCUT2D eigenvalue weighted by Crippen LogP contribution is 2.31. The van der Waals surface area contributed by atoms with Gasteiger partial charge in [0.2, 0.25) is 0 Å². The first-order valence-electron chi connectivity index (χ1n) is 6.37. The molecule has 1 heterocycles. The van der Waals surface area contributed by atoms with E-state index < -0.39 is 0 Å². The Morgan fingerprint density at radius 2 is 2.24 bits per heavy atom. The summed E-state index contributed by atoms with van der Waals surface area (Å²) in [6.07, 6.45) is 2.62. The van der Waals surface area contributed by atoms with Crippen molar-refractivity contribution in [2.24, 2.45) is 0 Å². The Morgan fingerprint density at radius 1 is 1.47 bits per heavy atom. The molecule has 0 spiro atoms. The van der Waals surface area contributed by atoms with E-state index in [1.54, 1.807) is 0 Å². The molecule has 0 aromatic heterocycles. The van der Waals surface area contributed by atoms with Crippen molar-refractivity contribution in [1.29, 1.82) is 0 Å². The molecule has 2 nitrogen and oxygen atoms in total. The molecule has 1 fully saturated rings. The molecule has 1 aromatic rings. The predicted molar refractivity (Wildman–Crippen MR) is 77.7 cm³/mol. The van der Waals surface area contributed by atoms with Crippen LogP contribution in [-0.2, 0) is 0 Å². The summed E-state index contributed by atoms with van der Waals surface area (Å²) in [6, 6.07) is 7.79. The zero-order chi connectivity index (χ0) is 12.4. The summed E-state index contributed by atoms with van der Waals surface area (Å²) in [5.41, 5.74) is 2.66. The Morgan fingerprint density at radius 3 is 2.76 bits per heavy atom. The van der Waals surface area contributed by atoms with Gasteiger partial charge in [0.05, 0.1) is 0 Å². The highest BCUT2D eigenvalue weighted by atomic mass is 79.9. The van der Waals surface area contributed by atoms with Gasteiger partial charge in [0.1, 0.15) is 0 Å². The first-order valence-corrected chi connectivity index (χ1v) is 7.16. The highest BCUT2D eigenvalue weighted by molar-refractivity contribution is 9.10. The van der Waals surface area contributed by atoms with E-state index in [0.717, 1.165) is 0 Å². The summed E-state index contributed by atoms with van der Waals surface area (Å²) in [6.45, 7) is 5.68. The lowest BCUT2D eigenvalue weighted by Gasteiger charge is -2.25. The average molecular weight is 297 g/mol. The smallest absolute Gasteiger partial charge is 0.0380 e. The maximum atomic E-state index is 3.69. The largest absolute Gasteiger partial charge is 0.369 e. The molecule has 2 atom stereocenters. The zero-order valence-corrected chi connectivity index (χ0v) is 12.4. The van der Waals surface area contributed by atoms with Crippen molar-refractivity contribution in [2.75, 3.05) is 18.5 Å². The lowest BCUT2D eigenvalue weighted by molar-refractivity contribution is 0.649. The molecule has 3 heteroatoms. The topological polar surface area (TPSA) is 15.3 Å². The molecule has 94 valence electrons. The molecule has 0 aliphatic carbocycles. The molecule has 0 saturated carbocycles. The molecule has 0 amide bonds. The lowest BCUT2D eigenvalue weighted by Crippen LogP contribution is -2.26. The van der Waals surface area contributed by atoms with E-state index in [9.17, 15) is 0 Å². The van der Waals surface area contributed by atoms with E-state index in [1.165, 1.54) is 35.1 Å². The van der Waals surface area contributed by atoms with Gasteiger partial charge in [0.25, 0.3) is 0 Å². The van der Waals surface area contributed by atoms with Gasteiger partial charge in [0.15, 0.2) is 0 Å². The Hall–Kier alpha value is -0.540. The van der Waals surface area contributed by atoms with Gasteiger partial charge in [-0.25, -0.2) is 0 Å². The number of anilines is 1. The Balaban J connectivity index is 2.24. The SMILES string of the molecule is CNC(C)c1ccc(N2CCCC2C)cc1Br. The Labute approximate surface area is 113 Å². The molecule has 1 aliphatic rings. The first kappa shape index (κ1) is 12.9. The second-order valence-electron chi connectivity index (χ2n) is 4.90. The number of halogens is 1. The van der Waals surface area contributed by atoms with Crippen LogP contribution in [0.15, 0.2) is 22.7 Å². The molecule has 2 rings (SSSR count). The van der Waals surface area contributed by atoms with Gasteiger partial charge >= 0.3 is 0 Å². The second-order valence-corrected chi connectivity index (χ2v) is 5.76. The maximum Gasteiger partial charge on any atom is 0.0380 e. The summed E-state index contributed by atoms with van der Waals surface area (Å²) < 4.78 is 1.20. The summed E-state index contributed by atoms with van der Waals surface area (Å²) in [7, 11) is 1.99. The van der Waals surface area contributed by atoms with Crippen LogP contribution < -0.4 is 10.2 Å². The fourth-order valence-corrected chi connectivity index (χ4v) is 3.23. The van der Waals surface area contributed by atoms with Crippen LogP contribution in [0.4, 0.5) is 5.69 Å². The van der Waals surface area contributed by atoms with E-state index in [1.807, 2.05) is 7.05 Å². The minimum atomic E-state index is 0.384. The number of rotatable bonds is 3. The van der Waals surface area contributed by atoms with Crippen LogP contribution in [0.3, 0.4) is 0 Å². The number of hydrogen-bond acceptors (Lipinski definition) is 2. The maximum absolute atomic E-state index is 3.69. The number of nitrogens with one attached hydrogen (secondary N) is 1. The Kier molecular flexibility index (Phi) is 4.10. The molecular formula is C14H21BrN2. The van der Waals surface area contributed by atoms with Crippen LogP contribution in [0.1, 0.15) is 38.3 Å². The van der Waals surface area contributed by atoms with Crippen molar-refractivity contribution in [3.63, 3.8) is 0 Å². The van der Waals surface area contributed by atoms with Crippen molar-refractivity contribution in [2.45, 2.75) is 38.8 Å². The molecule has 1 aliphatic heterocycles. The lowest BCUT2D eigenvalue weighted by atomic mass is 10.1. The van der Waals surface area contributed by atoms with Crippen LogP contribution in [0.25, 0.3) is 0 Å². The minimum Gasteiger partial charge on any atom is -0.369 e. The van der Waals surface area contributed by atoms with Gasteiger partial charge in [-0.2, -0.15) is 0 Å². The minimum absolute atomic E-state index is 0.384. The van der Waals surface area contributed by atoms with Gasteiger partial charge < -0.3 is 10.2 Å². The predicted octanol–water partition coefficient (Wildman–Crippen LogP) is 3.72. The van der Waals surface area contributed by atoms with Crippen molar-refractivity contribution < 1.29 is 0 Å². The quantitative estimate of drug-likeness (QED) is 0.914. The van der Waals surface area contributed by atoms with Crippen LogP contribution >= 0.6 is 15.9 Å². The Bertz CT molecular complexity index is 392. The van der Waals surface area contributed by atoms with E-state index >= 15 is 0 Å². The third-order valence-corrected chi connectivity index (χ3v) is 4.45.